The van der Waals surface area contributed by atoms with Crippen LogP contribution in [0.15, 0.2) is 34.7 Å². The molecule has 1 heterocycles. The van der Waals surface area contributed by atoms with Gasteiger partial charge in [-0.2, -0.15) is 11.8 Å². The van der Waals surface area contributed by atoms with Gasteiger partial charge in [0, 0.05) is 5.69 Å². The van der Waals surface area contributed by atoms with E-state index in [-0.39, 0.29) is 17.2 Å². The van der Waals surface area contributed by atoms with Crippen LogP contribution in [0.4, 0.5) is 5.69 Å². The Kier molecular flexibility index (Phi) is 4.70. The Balaban J connectivity index is 2.13. The van der Waals surface area contributed by atoms with Gasteiger partial charge in [-0.25, -0.2) is 4.79 Å². The molecule has 0 fully saturated rings. The van der Waals surface area contributed by atoms with Crippen LogP contribution >= 0.6 is 11.8 Å². The molecular formula is C15H15NO4S. The number of benzene rings is 1. The summed E-state index contributed by atoms with van der Waals surface area (Å²) in [7, 11) is 0. The summed E-state index contributed by atoms with van der Waals surface area (Å²) in [4.78, 5) is 22.9. The molecule has 5 nitrogen and oxygen atoms in total. The lowest BCUT2D eigenvalue weighted by Gasteiger charge is -2.07. The van der Waals surface area contributed by atoms with Crippen molar-refractivity contribution in [1.29, 1.82) is 0 Å². The normalized spacial score (nSPS) is 10.4. The number of thioether (sulfide) groups is 1. The molecule has 0 saturated carbocycles. The van der Waals surface area contributed by atoms with Gasteiger partial charge in [-0.05, 0) is 49.1 Å². The van der Waals surface area contributed by atoms with E-state index in [0.29, 0.717) is 17.0 Å². The van der Waals surface area contributed by atoms with Crippen molar-refractivity contribution in [3.63, 3.8) is 0 Å². The highest BCUT2D eigenvalue weighted by molar-refractivity contribution is 7.97. The number of aromatic carboxylic acids is 1. The van der Waals surface area contributed by atoms with Crippen LogP contribution in [0.25, 0.3) is 0 Å². The molecule has 0 aliphatic heterocycles. The predicted octanol–water partition coefficient (Wildman–Crippen LogP) is 3.40. The molecule has 1 amide bonds. The number of carbonyl (C=O) groups excluding carboxylic acids is 1. The molecule has 0 aliphatic carbocycles. The molecule has 0 aliphatic rings. The predicted molar refractivity (Wildman–Crippen MR) is 82.0 cm³/mol. The molecule has 0 saturated heterocycles. The van der Waals surface area contributed by atoms with Gasteiger partial charge in [-0.3, -0.25) is 4.79 Å². The van der Waals surface area contributed by atoms with E-state index < -0.39 is 5.97 Å². The van der Waals surface area contributed by atoms with Gasteiger partial charge >= 0.3 is 5.97 Å². The minimum atomic E-state index is -0.997. The van der Waals surface area contributed by atoms with Gasteiger partial charge in [0.1, 0.15) is 5.76 Å². The molecule has 21 heavy (non-hydrogen) atoms. The van der Waals surface area contributed by atoms with Crippen LogP contribution in [-0.2, 0) is 5.75 Å². The standard InChI is InChI=1S/C15H15NO4S/c1-9-7-10(15(18)19)3-5-12(9)16-14(17)13-6-4-11(20-13)8-21-2/h3-7H,8H2,1-2H3,(H,16,17)(H,18,19). The number of rotatable bonds is 5. The van der Waals surface area contributed by atoms with E-state index in [2.05, 4.69) is 5.32 Å². The third kappa shape index (κ3) is 3.66. The molecule has 6 heteroatoms. The molecular weight excluding hydrogens is 290 g/mol. The van der Waals surface area contributed by atoms with Crippen molar-refractivity contribution in [2.45, 2.75) is 12.7 Å². The first-order valence-corrected chi connectivity index (χ1v) is 7.63. The number of amides is 1. The third-order valence-electron chi connectivity index (χ3n) is 2.89. The SMILES string of the molecule is CSCc1ccc(C(=O)Nc2ccc(C(=O)O)cc2C)o1. The van der Waals surface area contributed by atoms with E-state index in [1.54, 1.807) is 36.9 Å². The Hall–Kier alpha value is -2.21. The molecule has 2 rings (SSSR count). The molecule has 0 bridgehead atoms. The topological polar surface area (TPSA) is 79.5 Å². The van der Waals surface area contributed by atoms with Crippen LogP contribution < -0.4 is 5.32 Å². The lowest BCUT2D eigenvalue weighted by molar-refractivity contribution is 0.0696. The van der Waals surface area contributed by atoms with Crippen molar-refractivity contribution in [2.75, 3.05) is 11.6 Å². The lowest BCUT2D eigenvalue weighted by atomic mass is 10.1. The number of furan rings is 1. The van der Waals surface area contributed by atoms with Crippen LogP contribution in [0, 0.1) is 6.92 Å². The van der Waals surface area contributed by atoms with Gasteiger partial charge in [0.15, 0.2) is 5.76 Å². The molecule has 0 radical (unpaired) electrons. The zero-order chi connectivity index (χ0) is 15.4. The number of hydrogen-bond donors (Lipinski definition) is 2. The first kappa shape index (κ1) is 15.2. The molecule has 0 unspecified atom stereocenters. The van der Waals surface area contributed by atoms with Crippen molar-refractivity contribution < 1.29 is 19.1 Å². The van der Waals surface area contributed by atoms with E-state index in [1.807, 2.05) is 6.26 Å². The number of aryl methyl sites for hydroxylation is 1. The number of carboxylic acids is 1. The van der Waals surface area contributed by atoms with E-state index in [4.69, 9.17) is 9.52 Å². The zero-order valence-electron chi connectivity index (χ0n) is 11.7. The number of nitrogens with one attached hydrogen (secondary N) is 1. The number of hydrogen-bond acceptors (Lipinski definition) is 4. The third-order valence-corrected chi connectivity index (χ3v) is 3.47. The lowest BCUT2D eigenvalue weighted by Crippen LogP contribution is -2.12. The van der Waals surface area contributed by atoms with Gasteiger partial charge in [0.2, 0.25) is 0 Å². The highest BCUT2D eigenvalue weighted by atomic mass is 32.2. The van der Waals surface area contributed by atoms with E-state index in [1.165, 1.54) is 12.1 Å². The summed E-state index contributed by atoms with van der Waals surface area (Å²) in [6.07, 6.45) is 1.95. The summed E-state index contributed by atoms with van der Waals surface area (Å²) in [5, 5.41) is 11.6. The van der Waals surface area contributed by atoms with Crippen molar-refractivity contribution in [2.24, 2.45) is 0 Å². The zero-order valence-corrected chi connectivity index (χ0v) is 12.5. The van der Waals surface area contributed by atoms with Crippen molar-refractivity contribution >= 4 is 29.3 Å². The number of carboxylic acid groups (broad SMARTS) is 1. The van der Waals surface area contributed by atoms with Gasteiger partial charge in [-0.1, -0.05) is 0 Å². The molecule has 2 aromatic rings. The van der Waals surface area contributed by atoms with Crippen molar-refractivity contribution in [3.8, 4) is 0 Å². The first-order chi connectivity index (χ1) is 10.0. The maximum Gasteiger partial charge on any atom is 0.335 e. The van der Waals surface area contributed by atoms with Gasteiger partial charge in [0.25, 0.3) is 5.91 Å². The average Bonchev–Trinajstić information content (AvgIpc) is 2.90. The molecule has 110 valence electrons. The largest absolute Gasteiger partial charge is 0.478 e. The van der Waals surface area contributed by atoms with E-state index in [0.717, 1.165) is 5.76 Å². The van der Waals surface area contributed by atoms with Crippen LogP contribution in [0.2, 0.25) is 0 Å². The van der Waals surface area contributed by atoms with Gasteiger partial charge in [0.05, 0.1) is 11.3 Å². The molecule has 1 aromatic heterocycles. The van der Waals surface area contributed by atoms with E-state index in [9.17, 15) is 9.59 Å². The number of anilines is 1. The fourth-order valence-corrected chi connectivity index (χ4v) is 2.28. The fraction of sp³-hybridized carbons (Fsp3) is 0.200. The maximum absolute atomic E-state index is 12.1. The van der Waals surface area contributed by atoms with Crippen LogP contribution in [0.3, 0.4) is 0 Å². The monoisotopic (exact) mass is 305 g/mol. The maximum atomic E-state index is 12.1. The van der Waals surface area contributed by atoms with Crippen LogP contribution in [0.5, 0.6) is 0 Å². The highest BCUT2D eigenvalue weighted by Crippen LogP contribution is 2.19. The molecule has 1 aromatic carbocycles. The Morgan fingerprint density at radius 1 is 1.29 bits per heavy atom. The summed E-state index contributed by atoms with van der Waals surface area (Å²) in [5.74, 6) is 0.336. The Labute approximate surface area is 126 Å². The minimum Gasteiger partial charge on any atom is -0.478 e. The highest BCUT2D eigenvalue weighted by Gasteiger charge is 2.13. The molecule has 0 spiro atoms. The fourth-order valence-electron chi connectivity index (χ4n) is 1.84. The van der Waals surface area contributed by atoms with Gasteiger partial charge in [-0.15, -0.1) is 0 Å². The molecule has 2 N–H and O–H groups in total. The second kappa shape index (κ2) is 6.49. The van der Waals surface area contributed by atoms with Crippen LogP contribution in [-0.4, -0.2) is 23.2 Å². The number of carbonyl (C=O) groups is 2. The van der Waals surface area contributed by atoms with Crippen LogP contribution in [0.1, 0.15) is 32.2 Å². The summed E-state index contributed by atoms with van der Waals surface area (Å²) >= 11 is 1.61. The van der Waals surface area contributed by atoms with E-state index >= 15 is 0 Å². The quantitative estimate of drug-likeness (QED) is 0.885. The first-order valence-electron chi connectivity index (χ1n) is 6.24. The van der Waals surface area contributed by atoms with Crippen molar-refractivity contribution in [3.05, 3.63) is 53.0 Å². The minimum absolute atomic E-state index is 0.186. The Bertz CT molecular complexity index is 678. The average molecular weight is 305 g/mol. The smallest absolute Gasteiger partial charge is 0.335 e. The Morgan fingerprint density at radius 3 is 2.67 bits per heavy atom. The van der Waals surface area contributed by atoms with Gasteiger partial charge < -0.3 is 14.8 Å². The molecule has 0 atom stereocenters. The second-order valence-corrected chi connectivity index (χ2v) is 5.35. The van der Waals surface area contributed by atoms with Crippen molar-refractivity contribution in [1.82, 2.24) is 0 Å². The summed E-state index contributed by atoms with van der Waals surface area (Å²) in [6, 6.07) is 7.93. The summed E-state index contributed by atoms with van der Waals surface area (Å²) < 4.78 is 5.43. The Morgan fingerprint density at radius 2 is 2.05 bits per heavy atom. The second-order valence-electron chi connectivity index (χ2n) is 4.49. The summed E-state index contributed by atoms with van der Waals surface area (Å²) in [5.41, 5.74) is 1.43. The summed E-state index contributed by atoms with van der Waals surface area (Å²) in [6.45, 7) is 1.74.